The average molecular weight is 246 g/mol. The van der Waals surface area contributed by atoms with Gasteiger partial charge in [-0.05, 0) is 56.8 Å². The fourth-order valence-electron chi connectivity index (χ4n) is 2.80. The summed E-state index contributed by atoms with van der Waals surface area (Å²) in [6, 6.07) is 8.72. The summed E-state index contributed by atoms with van der Waals surface area (Å²) in [7, 11) is 4.32. The molecule has 0 radical (unpaired) electrons. The Morgan fingerprint density at radius 3 is 2.61 bits per heavy atom. The van der Waals surface area contributed by atoms with Gasteiger partial charge in [-0.2, -0.15) is 0 Å². The summed E-state index contributed by atoms with van der Waals surface area (Å²) in [5.41, 5.74) is 3.49. The zero-order valence-corrected chi connectivity index (χ0v) is 12.0. The fraction of sp³-hybridized carbons (Fsp3) is 0.625. The van der Waals surface area contributed by atoms with Gasteiger partial charge in [-0.1, -0.05) is 24.3 Å². The van der Waals surface area contributed by atoms with Gasteiger partial charge in [0.25, 0.3) is 0 Å². The SMILES string of the molecule is CNCC1(CN(C)CCc2ccccc2C)CC1. The van der Waals surface area contributed by atoms with E-state index in [4.69, 9.17) is 0 Å². The molecule has 0 amide bonds. The molecule has 0 unspecified atom stereocenters. The molecule has 2 heteroatoms. The molecule has 0 spiro atoms. The Kier molecular flexibility index (Phi) is 4.41. The van der Waals surface area contributed by atoms with Gasteiger partial charge in [-0.25, -0.2) is 0 Å². The average Bonchev–Trinajstić information content (AvgIpc) is 3.08. The molecule has 100 valence electrons. The largest absolute Gasteiger partial charge is 0.319 e. The number of aryl methyl sites for hydroxylation is 1. The van der Waals surface area contributed by atoms with Crippen LogP contribution in [0.4, 0.5) is 0 Å². The van der Waals surface area contributed by atoms with Crippen molar-refractivity contribution in [3.63, 3.8) is 0 Å². The van der Waals surface area contributed by atoms with E-state index in [0.29, 0.717) is 5.41 Å². The number of nitrogens with one attached hydrogen (secondary N) is 1. The molecule has 0 atom stereocenters. The van der Waals surface area contributed by atoms with Crippen LogP contribution in [-0.4, -0.2) is 38.6 Å². The summed E-state index contributed by atoms with van der Waals surface area (Å²) in [6.45, 7) is 5.77. The van der Waals surface area contributed by atoms with Crippen molar-refractivity contribution in [3.8, 4) is 0 Å². The highest BCUT2D eigenvalue weighted by atomic mass is 15.1. The molecule has 0 bridgehead atoms. The van der Waals surface area contributed by atoms with Crippen LogP contribution in [0, 0.1) is 12.3 Å². The third-order valence-electron chi connectivity index (χ3n) is 4.14. The lowest BCUT2D eigenvalue weighted by Crippen LogP contribution is -2.34. The second-order valence-corrected chi connectivity index (χ2v) is 5.94. The zero-order chi connectivity index (χ0) is 13.0. The van der Waals surface area contributed by atoms with Crippen LogP contribution >= 0.6 is 0 Å². The van der Waals surface area contributed by atoms with Crippen LogP contribution in [0.5, 0.6) is 0 Å². The van der Waals surface area contributed by atoms with Crippen LogP contribution in [-0.2, 0) is 6.42 Å². The minimum atomic E-state index is 0.579. The quantitative estimate of drug-likeness (QED) is 0.795. The van der Waals surface area contributed by atoms with E-state index in [1.165, 1.54) is 43.5 Å². The van der Waals surface area contributed by atoms with E-state index in [0.717, 1.165) is 6.54 Å². The van der Waals surface area contributed by atoms with Gasteiger partial charge in [0.05, 0.1) is 0 Å². The summed E-state index contributed by atoms with van der Waals surface area (Å²) in [4.78, 5) is 2.50. The Labute approximate surface area is 111 Å². The molecule has 1 aromatic carbocycles. The van der Waals surface area contributed by atoms with Crippen molar-refractivity contribution in [2.75, 3.05) is 33.7 Å². The molecule has 1 aromatic rings. The molecule has 0 aliphatic heterocycles. The Balaban J connectivity index is 1.78. The van der Waals surface area contributed by atoms with E-state index in [1.54, 1.807) is 0 Å². The molecule has 0 saturated heterocycles. The molecule has 1 aliphatic carbocycles. The number of hydrogen-bond donors (Lipinski definition) is 1. The van der Waals surface area contributed by atoms with Crippen molar-refractivity contribution >= 4 is 0 Å². The van der Waals surface area contributed by atoms with Crippen molar-refractivity contribution < 1.29 is 0 Å². The van der Waals surface area contributed by atoms with Gasteiger partial charge in [0.15, 0.2) is 0 Å². The van der Waals surface area contributed by atoms with Gasteiger partial charge in [0.2, 0.25) is 0 Å². The van der Waals surface area contributed by atoms with Gasteiger partial charge in [0.1, 0.15) is 0 Å². The standard InChI is InChI=1S/C16H26N2/c1-14-6-4-5-7-15(14)8-11-18(3)13-16(9-10-16)12-17-2/h4-7,17H,8-13H2,1-3H3. The van der Waals surface area contributed by atoms with Crippen LogP contribution in [0.2, 0.25) is 0 Å². The van der Waals surface area contributed by atoms with Gasteiger partial charge in [0, 0.05) is 19.6 Å². The smallest absolute Gasteiger partial charge is 0.00472 e. The zero-order valence-electron chi connectivity index (χ0n) is 12.0. The van der Waals surface area contributed by atoms with Crippen LogP contribution in [0.3, 0.4) is 0 Å². The van der Waals surface area contributed by atoms with E-state index in [1.807, 2.05) is 0 Å². The number of rotatable bonds is 7. The van der Waals surface area contributed by atoms with Gasteiger partial charge >= 0.3 is 0 Å². The number of likely N-dealkylation sites (N-methyl/N-ethyl adjacent to an activating group) is 1. The van der Waals surface area contributed by atoms with Crippen molar-refractivity contribution in [2.24, 2.45) is 5.41 Å². The van der Waals surface area contributed by atoms with Crippen molar-refractivity contribution in [1.82, 2.24) is 10.2 Å². The Bertz CT molecular complexity index is 382. The van der Waals surface area contributed by atoms with Gasteiger partial charge in [-0.15, -0.1) is 0 Å². The number of nitrogens with zero attached hydrogens (tertiary/aromatic N) is 1. The second-order valence-electron chi connectivity index (χ2n) is 5.94. The maximum atomic E-state index is 3.33. The first-order chi connectivity index (χ1) is 8.65. The normalized spacial score (nSPS) is 17.1. The number of hydrogen-bond acceptors (Lipinski definition) is 2. The van der Waals surface area contributed by atoms with Crippen LogP contribution in [0.15, 0.2) is 24.3 Å². The summed E-state index contributed by atoms with van der Waals surface area (Å²) in [6.07, 6.45) is 3.95. The predicted octanol–water partition coefficient (Wildman–Crippen LogP) is 2.47. The van der Waals surface area contributed by atoms with E-state index < -0.39 is 0 Å². The molecule has 2 nitrogen and oxygen atoms in total. The minimum Gasteiger partial charge on any atom is -0.319 e. The van der Waals surface area contributed by atoms with E-state index in [9.17, 15) is 0 Å². The second kappa shape index (κ2) is 5.85. The Hall–Kier alpha value is -0.860. The maximum absolute atomic E-state index is 3.33. The van der Waals surface area contributed by atoms with Crippen LogP contribution < -0.4 is 5.32 Å². The van der Waals surface area contributed by atoms with Crippen molar-refractivity contribution in [3.05, 3.63) is 35.4 Å². The first kappa shape index (κ1) is 13.6. The summed E-state index contributed by atoms with van der Waals surface area (Å²) in [5.74, 6) is 0. The topological polar surface area (TPSA) is 15.3 Å². The van der Waals surface area contributed by atoms with Crippen molar-refractivity contribution in [2.45, 2.75) is 26.2 Å². The lowest BCUT2D eigenvalue weighted by molar-refractivity contribution is 0.262. The first-order valence-electron chi connectivity index (χ1n) is 7.03. The predicted molar refractivity (Wildman–Crippen MR) is 78.0 cm³/mol. The highest BCUT2D eigenvalue weighted by Gasteiger charge is 2.42. The lowest BCUT2D eigenvalue weighted by Gasteiger charge is -2.23. The molecule has 1 N–H and O–H groups in total. The molecule has 0 heterocycles. The minimum absolute atomic E-state index is 0.579. The lowest BCUT2D eigenvalue weighted by atomic mass is 10.0. The van der Waals surface area contributed by atoms with E-state index >= 15 is 0 Å². The van der Waals surface area contributed by atoms with Crippen molar-refractivity contribution in [1.29, 1.82) is 0 Å². The molecule has 1 fully saturated rings. The molecule has 1 saturated carbocycles. The molecule has 1 aliphatic rings. The monoisotopic (exact) mass is 246 g/mol. The first-order valence-corrected chi connectivity index (χ1v) is 7.03. The Morgan fingerprint density at radius 2 is 2.00 bits per heavy atom. The molecule has 2 rings (SSSR count). The van der Waals surface area contributed by atoms with Crippen LogP contribution in [0.1, 0.15) is 24.0 Å². The molecule has 0 aromatic heterocycles. The Morgan fingerprint density at radius 1 is 1.28 bits per heavy atom. The molecule has 18 heavy (non-hydrogen) atoms. The van der Waals surface area contributed by atoms with Crippen LogP contribution in [0.25, 0.3) is 0 Å². The third kappa shape index (κ3) is 3.56. The fourth-order valence-corrected chi connectivity index (χ4v) is 2.80. The highest BCUT2D eigenvalue weighted by molar-refractivity contribution is 5.25. The third-order valence-corrected chi connectivity index (χ3v) is 4.14. The van der Waals surface area contributed by atoms with Gasteiger partial charge < -0.3 is 10.2 Å². The summed E-state index contributed by atoms with van der Waals surface area (Å²) >= 11 is 0. The number of benzene rings is 1. The van der Waals surface area contributed by atoms with E-state index in [2.05, 4.69) is 55.5 Å². The van der Waals surface area contributed by atoms with Gasteiger partial charge in [-0.3, -0.25) is 0 Å². The molecular formula is C16H26N2. The highest BCUT2D eigenvalue weighted by Crippen LogP contribution is 2.45. The molecular weight excluding hydrogens is 220 g/mol. The maximum Gasteiger partial charge on any atom is 0.00472 e. The summed E-state index contributed by atoms with van der Waals surface area (Å²) in [5, 5.41) is 3.33. The summed E-state index contributed by atoms with van der Waals surface area (Å²) < 4.78 is 0. The van der Waals surface area contributed by atoms with E-state index in [-0.39, 0.29) is 0 Å².